The van der Waals surface area contributed by atoms with Gasteiger partial charge in [-0.15, -0.1) is 0 Å². The Balaban J connectivity index is 3.10. The van der Waals surface area contributed by atoms with Crippen molar-refractivity contribution in [1.29, 1.82) is 0 Å². The van der Waals surface area contributed by atoms with Crippen molar-refractivity contribution in [3.63, 3.8) is 0 Å². The van der Waals surface area contributed by atoms with Gasteiger partial charge in [-0.05, 0) is 11.5 Å². The van der Waals surface area contributed by atoms with Gasteiger partial charge in [0.2, 0.25) is 17.7 Å². The molecule has 1 aromatic carbocycles. The van der Waals surface area contributed by atoms with Gasteiger partial charge in [0, 0.05) is 6.42 Å². The Bertz CT molecular complexity index is 775. The molecule has 1 rings (SSSR count). The van der Waals surface area contributed by atoms with Gasteiger partial charge in [0.25, 0.3) is 0 Å². The fraction of sp³-hybridized carbons (Fsp3) is 0.524. The van der Waals surface area contributed by atoms with E-state index in [1.807, 2.05) is 6.92 Å². The Hall–Kier alpha value is -3.02. The molecule has 0 radical (unpaired) electrons. The summed E-state index contributed by atoms with van der Waals surface area (Å²) in [6.07, 6.45) is 0.571. The summed E-state index contributed by atoms with van der Waals surface area (Å²) < 4.78 is 0. The summed E-state index contributed by atoms with van der Waals surface area (Å²) in [4.78, 5) is 49.1. The van der Waals surface area contributed by atoms with Crippen LogP contribution in [0.25, 0.3) is 0 Å². The molecule has 0 aliphatic carbocycles. The largest absolute Gasteiger partial charge is 0.480 e. The second-order valence-corrected chi connectivity index (χ2v) is 7.49. The summed E-state index contributed by atoms with van der Waals surface area (Å²) in [5, 5.41) is 34.6. The number of carboxylic acids is 1. The number of aliphatic carboxylic acids is 1. The first kappa shape index (κ1) is 27.0. The number of rotatable bonds is 13. The summed E-state index contributed by atoms with van der Waals surface area (Å²) in [6.45, 7) is 2.12. The lowest BCUT2D eigenvalue weighted by atomic mass is 9.96. The third-order valence-corrected chi connectivity index (χ3v) is 5.04. The van der Waals surface area contributed by atoms with Crippen LogP contribution < -0.4 is 21.7 Å². The van der Waals surface area contributed by atoms with E-state index in [2.05, 4.69) is 16.0 Å². The number of aliphatic hydroxyl groups excluding tert-OH is 2. The van der Waals surface area contributed by atoms with E-state index >= 15 is 0 Å². The number of hydrogen-bond donors (Lipinski definition) is 7. The van der Waals surface area contributed by atoms with Gasteiger partial charge < -0.3 is 37.0 Å². The highest BCUT2D eigenvalue weighted by molar-refractivity contribution is 5.94. The van der Waals surface area contributed by atoms with Crippen LogP contribution in [0.15, 0.2) is 30.3 Å². The van der Waals surface area contributed by atoms with E-state index in [-0.39, 0.29) is 12.3 Å². The van der Waals surface area contributed by atoms with E-state index in [1.54, 1.807) is 37.3 Å². The van der Waals surface area contributed by atoms with E-state index in [0.717, 1.165) is 0 Å². The van der Waals surface area contributed by atoms with Crippen molar-refractivity contribution in [3.05, 3.63) is 35.9 Å². The first-order chi connectivity index (χ1) is 15.1. The topological polar surface area (TPSA) is 191 Å². The molecule has 0 fully saturated rings. The van der Waals surface area contributed by atoms with E-state index in [0.29, 0.717) is 12.0 Å². The number of nitrogens with one attached hydrogen (secondary N) is 3. The van der Waals surface area contributed by atoms with E-state index in [9.17, 15) is 24.3 Å². The fourth-order valence-corrected chi connectivity index (χ4v) is 2.82. The van der Waals surface area contributed by atoms with E-state index in [4.69, 9.17) is 15.9 Å². The monoisotopic (exact) mass is 452 g/mol. The molecule has 3 amide bonds. The van der Waals surface area contributed by atoms with Gasteiger partial charge in [-0.2, -0.15) is 0 Å². The highest BCUT2D eigenvalue weighted by atomic mass is 16.4. The number of carbonyl (C=O) groups excluding carboxylic acids is 3. The van der Waals surface area contributed by atoms with Crippen LogP contribution in [0.3, 0.4) is 0 Å². The van der Waals surface area contributed by atoms with Gasteiger partial charge >= 0.3 is 5.97 Å². The van der Waals surface area contributed by atoms with Crippen LogP contribution in [-0.2, 0) is 25.6 Å². The van der Waals surface area contributed by atoms with Crippen LogP contribution in [0.2, 0.25) is 0 Å². The molecular weight excluding hydrogens is 420 g/mol. The number of hydrogen-bond acceptors (Lipinski definition) is 7. The third kappa shape index (κ3) is 8.25. The molecule has 0 saturated heterocycles. The molecule has 0 aromatic heterocycles. The molecule has 11 nitrogen and oxygen atoms in total. The molecule has 0 heterocycles. The first-order valence-electron chi connectivity index (χ1n) is 10.3. The lowest BCUT2D eigenvalue weighted by Gasteiger charge is -2.27. The predicted octanol–water partition coefficient (Wildman–Crippen LogP) is -1.87. The van der Waals surface area contributed by atoms with E-state index < -0.39 is 61.1 Å². The molecule has 0 aliphatic rings. The Morgan fingerprint density at radius 1 is 0.906 bits per heavy atom. The maximum absolute atomic E-state index is 13.0. The fourth-order valence-electron chi connectivity index (χ4n) is 2.82. The van der Waals surface area contributed by atoms with Crippen molar-refractivity contribution >= 4 is 23.7 Å². The van der Waals surface area contributed by atoms with Gasteiger partial charge in [-0.1, -0.05) is 50.6 Å². The molecule has 5 atom stereocenters. The number of carbonyl (C=O) groups is 4. The number of carboxylic acid groups (broad SMARTS) is 1. The second kappa shape index (κ2) is 13.4. The van der Waals surface area contributed by atoms with Crippen molar-refractivity contribution in [2.24, 2.45) is 11.7 Å². The van der Waals surface area contributed by atoms with E-state index in [1.165, 1.54) is 0 Å². The Morgan fingerprint density at radius 2 is 1.50 bits per heavy atom. The van der Waals surface area contributed by atoms with Crippen LogP contribution in [0, 0.1) is 5.92 Å². The molecule has 11 heteroatoms. The smallest absolute Gasteiger partial charge is 0.328 e. The third-order valence-electron chi connectivity index (χ3n) is 5.04. The zero-order valence-electron chi connectivity index (χ0n) is 18.2. The second-order valence-electron chi connectivity index (χ2n) is 7.49. The maximum Gasteiger partial charge on any atom is 0.328 e. The summed E-state index contributed by atoms with van der Waals surface area (Å²) in [6, 6.07) is 3.79. The molecular formula is C21H32N4O7. The average molecular weight is 453 g/mol. The quantitative estimate of drug-likeness (QED) is 0.181. The Labute approximate surface area is 186 Å². The zero-order chi connectivity index (χ0) is 24.3. The molecule has 0 bridgehead atoms. The first-order valence-corrected chi connectivity index (χ1v) is 10.3. The van der Waals surface area contributed by atoms with Gasteiger partial charge in [-0.3, -0.25) is 14.4 Å². The molecule has 178 valence electrons. The highest BCUT2D eigenvalue weighted by Gasteiger charge is 2.32. The summed E-state index contributed by atoms with van der Waals surface area (Å²) in [7, 11) is 0. The van der Waals surface area contributed by atoms with Crippen molar-refractivity contribution in [2.45, 2.75) is 50.9 Å². The minimum atomic E-state index is -1.54. The lowest BCUT2D eigenvalue weighted by molar-refractivity contribution is -0.143. The van der Waals surface area contributed by atoms with Crippen LogP contribution >= 0.6 is 0 Å². The highest BCUT2D eigenvalue weighted by Crippen LogP contribution is 2.10. The minimum absolute atomic E-state index is 0.0491. The van der Waals surface area contributed by atoms with Gasteiger partial charge in [0.05, 0.1) is 13.2 Å². The van der Waals surface area contributed by atoms with Gasteiger partial charge in [0.1, 0.15) is 24.2 Å². The zero-order valence-corrected chi connectivity index (χ0v) is 18.2. The molecule has 0 spiro atoms. The number of amides is 3. The summed E-state index contributed by atoms with van der Waals surface area (Å²) in [5.41, 5.74) is 6.22. The van der Waals surface area contributed by atoms with Gasteiger partial charge in [-0.25, -0.2) is 4.79 Å². The molecule has 32 heavy (non-hydrogen) atoms. The maximum atomic E-state index is 13.0. The van der Waals surface area contributed by atoms with Crippen molar-refractivity contribution in [2.75, 3.05) is 13.2 Å². The Morgan fingerprint density at radius 3 is 2.00 bits per heavy atom. The van der Waals surface area contributed by atoms with Crippen LogP contribution in [0.1, 0.15) is 25.8 Å². The standard InChI is InChI=1S/C21H32N4O7/c1-3-12(2)17(25-18(28)14(22)10-26)20(30)23-15(9-13-7-5-4-6-8-13)19(29)24-16(11-27)21(31)32/h4-8,12,14-17,26-27H,3,9-11,22H2,1-2H3,(H,23,30)(H,24,29)(H,25,28)(H,31,32). The van der Waals surface area contributed by atoms with Crippen LogP contribution in [-0.4, -0.2) is 76.4 Å². The minimum Gasteiger partial charge on any atom is -0.480 e. The van der Waals surface area contributed by atoms with Crippen LogP contribution in [0.4, 0.5) is 0 Å². The normalized spacial score (nSPS) is 15.5. The molecule has 8 N–H and O–H groups in total. The number of nitrogens with two attached hydrogens (primary N) is 1. The average Bonchev–Trinajstić information content (AvgIpc) is 2.79. The van der Waals surface area contributed by atoms with Crippen molar-refractivity contribution in [1.82, 2.24) is 16.0 Å². The van der Waals surface area contributed by atoms with Crippen molar-refractivity contribution < 1.29 is 34.5 Å². The molecule has 5 unspecified atom stereocenters. The van der Waals surface area contributed by atoms with Gasteiger partial charge in [0.15, 0.2) is 0 Å². The summed E-state index contributed by atoms with van der Waals surface area (Å²) >= 11 is 0. The predicted molar refractivity (Wildman–Crippen MR) is 115 cm³/mol. The van der Waals surface area contributed by atoms with Crippen molar-refractivity contribution in [3.8, 4) is 0 Å². The summed E-state index contributed by atoms with van der Waals surface area (Å²) in [5.74, 6) is -3.93. The number of aliphatic hydroxyl groups is 2. The molecule has 0 saturated carbocycles. The SMILES string of the molecule is CCC(C)C(NC(=O)C(N)CO)C(=O)NC(Cc1ccccc1)C(=O)NC(CO)C(=O)O. The lowest BCUT2D eigenvalue weighted by Crippen LogP contribution is -2.59. The molecule has 0 aliphatic heterocycles. The number of benzene rings is 1. The Kier molecular flexibility index (Phi) is 11.3. The molecule has 1 aromatic rings. The van der Waals surface area contributed by atoms with Crippen LogP contribution in [0.5, 0.6) is 0 Å².